The monoisotopic (exact) mass is 453 g/mol. The van der Waals surface area contributed by atoms with Crippen LogP contribution in [0.4, 0.5) is 5.69 Å². The number of aromatic nitrogens is 1. The van der Waals surface area contributed by atoms with Crippen LogP contribution in [0.2, 0.25) is 5.02 Å². The second-order valence-corrected chi connectivity index (χ2v) is 8.78. The van der Waals surface area contributed by atoms with Gasteiger partial charge in [0.05, 0.1) is 17.0 Å². The summed E-state index contributed by atoms with van der Waals surface area (Å²) < 4.78 is 3.28. The number of piperidine rings is 1. The van der Waals surface area contributed by atoms with Gasteiger partial charge in [-0.15, -0.1) is 0 Å². The molecule has 1 aliphatic rings. The molecule has 160 valence electrons. The van der Waals surface area contributed by atoms with Crippen molar-refractivity contribution in [3.8, 4) is 0 Å². The summed E-state index contributed by atoms with van der Waals surface area (Å²) in [5.41, 5.74) is 2.33. The van der Waals surface area contributed by atoms with E-state index in [-0.39, 0.29) is 5.91 Å². The molecule has 1 aliphatic heterocycles. The molecule has 7 heteroatoms. The quantitative estimate of drug-likeness (QED) is 0.507. The molecule has 2 N–H and O–H groups in total. The Morgan fingerprint density at radius 1 is 1.06 bits per heavy atom. The number of carbonyl (C=O) groups is 1. The number of hydrogen-bond acceptors (Lipinski definition) is 5. The van der Waals surface area contributed by atoms with Crippen molar-refractivity contribution in [1.29, 1.82) is 0 Å². The Balaban J connectivity index is 1.31. The molecular formula is C24H24ClN3O2S. The van der Waals surface area contributed by atoms with Crippen molar-refractivity contribution in [1.82, 2.24) is 9.88 Å². The van der Waals surface area contributed by atoms with Crippen molar-refractivity contribution < 1.29 is 9.90 Å². The van der Waals surface area contributed by atoms with Crippen LogP contribution in [0.1, 0.15) is 34.5 Å². The predicted molar refractivity (Wildman–Crippen MR) is 126 cm³/mol. The summed E-state index contributed by atoms with van der Waals surface area (Å²) in [6.07, 6.45) is 2.71. The number of likely N-dealkylation sites (tertiary alicyclic amines) is 1. The number of hydrogen-bond donors (Lipinski definition) is 2. The van der Waals surface area contributed by atoms with E-state index in [0.29, 0.717) is 36.5 Å². The first-order chi connectivity index (χ1) is 15.0. The second-order valence-electron chi connectivity index (χ2n) is 7.59. The van der Waals surface area contributed by atoms with Gasteiger partial charge < -0.3 is 14.7 Å². The summed E-state index contributed by atoms with van der Waals surface area (Å²) in [7, 11) is 0. The van der Waals surface area contributed by atoms with Gasteiger partial charge in [-0.25, -0.2) is 0 Å². The Labute approximate surface area is 191 Å². The summed E-state index contributed by atoms with van der Waals surface area (Å²) in [4.78, 5) is 19.0. The highest BCUT2D eigenvalue weighted by molar-refractivity contribution is 7.99. The maximum absolute atomic E-state index is 12.9. The van der Waals surface area contributed by atoms with Crippen molar-refractivity contribution in [3.63, 3.8) is 0 Å². The fourth-order valence-corrected chi connectivity index (χ4v) is 4.73. The van der Waals surface area contributed by atoms with Crippen molar-refractivity contribution in [2.24, 2.45) is 0 Å². The first-order valence-electron chi connectivity index (χ1n) is 10.2. The molecule has 0 aliphatic carbocycles. The van der Waals surface area contributed by atoms with E-state index in [4.69, 9.17) is 11.6 Å². The second kappa shape index (κ2) is 9.73. The van der Waals surface area contributed by atoms with Gasteiger partial charge in [-0.2, -0.15) is 0 Å². The molecule has 1 fully saturated rings. The van der Waals surface area contributed by atoms with Gasteiger partial charge in [0.2, 0.25) is 0 Å². The Morgan fingerprint density at radius 3 is 2.45 bits per heavy atom. The summed E-state index contributed by atoms with van der Waals surface area (Å²) >= 11 is 7.83. The number of carbonyl (C=O) groups excluding carboxylic acids is 1. The standard InChI is InChI=1S/C24H24ClN3O2S/c25-22-7-2-1-6-21(22)24(30)12-15-28(16-13-24)23(29)18-8-10-19(11-9-18)27-31-17-20-5-3-4-14-26-20/h1-11,14,27,30H,12-13,15-17H2. The van der Waals surface area contributed by atoms with E-state index in [2.05, 4.69) is 9.71 Å². The third-order valence-electron chi connectivity index (χ3n) is 5.52. The lowest BCUT2D eigenvalue weighted by atomic mass is 9.84. The zero-order valence-corrected chi connectivity index (χ0v) is 18.6. The van der Waals surface area contributed by atoms with E-state index in [1.165, 1.54) is 0 Å². The molecule has 1 amide bonds. The van der Waals surface area contributed by atoms with Crippen molar-refractivity contribution in [3.05, 3.63) is 94.8 Å². The molecule has 0 radical (unpaired) electrons. The van der Waals surface area contributed by atoms with E-state index >= 15 is 0 Å². The highest BCUT2D eigenvalue weighted by atomic mass is 35.5. The van der Waals surface area contributed by atoms with Crippen LogP contribution in [0.25, 0.3) is 0 Å². The van der Waals surface area contributed by atoms with Crippen molar-refractivity contribution in [2.45, 2.75) is 24.2 Å². The molecule has 31 heavy (non-hydrogen) atoms. The van der Waals surface area contributed by atoms with Crippen LogP contribution in [-0.4, -0.2) is 34.0 Å². The molecule has 2 aromatic carbocycles. The zero-order chi connectivity index (χ0) is 21.7. The van der Waals surface area contributed by atoms with Gasteiger partial charge >= 0.3 is 0 Å². The molecule has 0 spiro atoms. The van der Waals surface area contributed by atoms with E-state index in [1.807, 2.05) is 60.7 Å². The average molecular weight is 454 g/mol. The van der Waals surface area contributed by atoms with Crippen LogP contribution in [-0.2, 0) is 11.4 Å². The Morgan fingerprint density at radius 2 is 1.77 bits per heavy atom. The van der Waals surface area contributed by atoms with E-state index in [1.54, 1.807) is 29.1 Å². The molecule has 4 rings (SSSR count). The first-order valence-corrected chi connectivity index (χ1v) is 11.6. The molecule has 0 saturated carbocycles. The zero-order valence-electron chi connectivity index (χ0n) is 17.0. The van der Waals surface area contributed by atoms with Gasteiger partial charge in [0.25, 0.3) is 5.91 Å². The van der Waals surface area contributed by atoms with Crippen LogP contribution in [0.5, 0.6) is 0 Å². The third kappa shape index (κ3) is 5.21. The van der Waals surface area contributed by atoms with Gasteiger partial charge in [0.1, 0.15) is 0 Å². The predicted octanol–water partition coefficient (Wildman–Crippen LogP) is 5.12. The lowest BCUT2D eigenvalue weighted by Gasteiger charge is -2.39. The maximum Gasteiger partial charge on any atom is 0.253 e. The van der Waals surface area contributed by atoms with Crippen molar-refractivity contribution in [2.75, 3.05) is 17.8 Å². The number of nitrogens with one attached hydrogen (secondary N) is 1. The lowest BCUT2D eigenvalue weighted by Crippen LogP contribution is -2.45. The SMILES string of the molecule is O=C(c1ccc(NSCc2ccccn2)cc1)N1CCC(O)(c2ccccc2Cl)CC1. The maximum atomic E-state index is 12.9. The molecule has 0 atom stereocenters. The molecule has 2 heterocycles. The molecule has 0 bridgehead atoms. The summed E-state index contributed by atoms with van der Waals surface area (Å²) in [5, 5.41) is 11.6. The molecule has 1 saturated heterocycles. The van der Waals surface area contributed by atoms with Gasteiger partial charge in [-0.3, -0.25) is 9.78 Å². The Hall–Kier alpha value is -2.54. The third-order valence-corrected chi connectivity index (χ3v) is 6.67. The molecule has 1 aromatic heterocycles. The molecule has 5 nitrogen and oxygen atoms in total. The van der Waals surface area contributed by atoms with Crippen LogP contribution in [0, 0.1) is 0 Å². The molecule has 3 aromatic rings. The number of anilines is 1. The first kappa shape index (κ1) is 21.7. The minimum atomic E-state index is -0.992. The smallest absolute Gasteiger partial charge is 0.253 e. The van der Waals surface area contributed by atoms with Crippen LogP contribution in [0.3, 0.4) is 0 Å². The number of amides is 1. The van der Waals surface area contributed by atoms with E-state index in [9.17, 15) is 9.90 Å². The van der Waals surface area contributed by atoms with Gasteiger partial charge in [-0.05, 0) is 67.3 Å². The summed E-state index contributed by atoms with van der Waals surface area (Å²) in [5.74, 6) is 0.734. The average Bonchev–Trinajstić information content (AvgIpc) is 2.80. The summed E-state index contributed by atoms with van der Waals surface area (Å²) in [6, 6.07) is 20.7. The number of halogens is 1. The Kier molecular flexibility index (Phi) is 6.80. The number of aliphatic hydroxyl groups is 1. The number of nitrogens with zero attached hydrogens (tertiary/aromatic N) is 2. The fourth-order valence-electron chi connectivity index (χ4n) is 3.73. The van der Waals surface area contributed by atoms with Gasteiger partial charge in [-0.1, -0.05) is 35.9 Å². The van der Waals surface area contributed by atoms with Crippen LogP contribution >= 0.6 is 23.5 Å². The highest BCUT2D eigenvalue weighted by Crippen LogP contribution is 2.37. The lowest BCUT2D eigenvalue weighted by molar-refractivity contribution is -0.0210. The van der Waals surface area contributed by atoms with Crippen molar-refractivity contribution >= 4 is 35.1 Å². The van der Waals surface area contributed by atoms with Gasteiger partial charge in [0, 0.05) is 41.1 Å². The molecular weight excluding hydrogens is 430 g/mol. The minimum absolute atomic E-state index is 0.0195. The Bertz CT molecular complexity index is 1020. The number of rotatable bonds is 6. The van der Waals surface area contributed by atoms with Crippen LogP contribution in [0.15, 0.2) is 72.9 Å². The number of benzene rings is 2. The molecule has 0 unspecified atom stereocenters. The minimum Gasteiger partial charge on any atom is -0.385 e. The number of pyridine rings is 1. The van der Waals surface area contributed by atoms with E-state index in [0.717, 1.165) is 22.7 Å². The summed E-state index contributed by atoms with van der Waals surface area (Å²) in [6.45, 7) is 0.973. The fraction of sp³-hybridized carbons (Fsp3) is 0.250. The van der Waals surface area contributed by atoms with E-state index < -0.39 is 5.60 Å². The normalized spacial score (nSPS) is 15.5. The van der Waals surface area contributed by atoms with Crippen LogP contribution < -0.4 is 4.72 Å². The highest BCUT2D eigenvalue weighted by Gasteiger charge is 2.36. The largest absolute Gasteiger partial charge is 0.385 e. The van der Waals surface area contributed by atoms with Gasteiger partial charge in [0.15, 0.2) is 0 Å². The topological polar surface area (TPSA) is 65.5 Å².